The lowest BCUT2D eigenvalue weighted by molar-refractivity contribution is -0.434. The third-order valence-electron chi connectivity index (χ3n) is 5.16. The Hall–Kier alpha value is -1.91. The summed E-state index contributed by atoms with van der Waals surface area (Å²) in [6, 6.07) is -3.19. The number of ether oxygens (including phenoxy) is 1. The molecule has 5 atom stereocenters. The van der Waals surface area contributed by atoms with Gasteiger partial charge in [0, 0.05) is 6.42 Å². The summed E-state index contributed by atoms with van der Waals surface area (Å²) in [4.78, 5) is 49.7. The second-order valence-corrected chi connectivity index (χ2v) is 9.02. The number of nitrogens with one attached hydrogen (secondary N) is 3. The van der Waals surface area contributed by atoms with Crippen molar-refractivity contribution in [2.24, 2.45) is 11.8 Å². The molecule has 0 aromatic carbocycles. The summed E-state index contributed by atoms with van der Waals surface area (Å²) < 4.78 is 4.75. The van der Waals surface area contributed by atoms with Crippen LogP contribution in [0.1, 0.15) is 67.2 Å². The first kappa shape index (κ1) is 33.3. The largest absolute Gasteiger partial charge is 1.00 e. The van der Waals surface area contributed by atoms with E-state index < -0.39 is 54.0 Å². The molecule has 0 aliphatic rings. The summed E-state index contributed by atoms with van der Waals surface area (Å²) in [5, 5.41) is 17.9. The van der Waals surface area contributed by atoms with Crippen molar-refractivity contribution in [2.75, 3.05) is 7.11 Å². The highest BCUT2D eigenvalue weighted by atomic mass is 35.5. The van der Waals surface area contributed by atoms with E-state index in [0.29, 0.717) is 12.8 Å². The second-order valence-electron chi connectivity index (χ2n) is 9.02. The summed E-state index contributed by atoms with van der Waals surface area (Å²) in [7, 11) is 1.24. The van der Waals surface area contributed by atoms with E-state index in [0.717, 1.165) is 12.8 Å². The molecule has 0 radical (unpaired) electrons. The first-order valence-corrected chi connectivity index (χ1v) is 11.4. The molecule has 0 aliphatic carbocycles. The van der Waals surface area contributed by atoms with Crippen molar-refractivity contribution < 1.29 is 47.2 Å². The molecule has 0 aliphatic heterocycles. The van der Waals surface area contributed by atoms with Gasteiger partial charge in [0.15, 0.2) is 6.10 Å². The van der Waals surface area contributed by atoms with Gasteiger partial charge in [-0.05, 0) is 31.6 Å². The van der Waals surface area contributed by atoms with Gasteiger partial charge in [0.1, 0.15) is 24.2 Å². The fourth-order valence-corrected chi connectivity index (χ4v) is 3.08. The third-order valence-corrected chi connectivity index (χ3v) is 5.16. The summed E-state index contributed by atoms with van der Waals surface area (Å²) in [6.45, 7) is 10.8. The first-order chi connectivity index (χ1) is 14.8. The Balaban J connectivity index is 0. The van der Waals surface area contributed by atoms with Crippen molar-refractivity contribution in [1.82, 2.24) is 16.0 Å². The van der Waals surface area contributed by atoms with E-state index in [4.69, 9.17) is 4.74 Å². The van der Waals surface area contributed by atoms with Crippen LogP contribution < -0.4 is 34.1 Å². The topological polar surface area (TPSA) is 161 Å². The molecular weight excluding hydrogens is 452 g/mol. The van der Waals surface area contributed by atoms with Crippen molar-refractivity contribution >= 4 is 23.7 Å². The number of halogens is 1. The molecule has 0 saturated heterocycles. The van der Waals surface area contributed by atoms with Gasteiger partial charge in [-0.15, -0.1) is 0 Å². The zero-order valence-corrected chi connectivity index (χ0v) is 21.7. The molecule has 0 rings (SSSR count). The van der Waals surface area contributed by atoms with E-state index >= 15 is 0 Å². The molecule has 0 heterocycles. The Labute approximate surface area is 203 Å². The smallest absolute Gasteiger partial charge is 0.328 e. The summed E-state index contributed by atoms with van der Waals surface area (Å²) in [6.07, 6.45) is 1.37. The Morgan fingerprint density at radius 2 is 1.52 bits per heavy atom. The van der Waals surface area contributed by atoms with Gasteiger partial charge in [0.25, 0.3) is 5.91 Å². The Bertz CT molecular complexity index is 632. The van der Waals surface area contributed by atoms with E-state index in [-0.39, 0.29) is 24.2 Å². The van der Waals surface area contributed by atoms with Crippen molar-refractivity contribution in [3.05, 3.63) is 0 Å². The standard InChI is InChI=1S/C22H42N4O6.ClH/c1-8-9-10-15(23)18(27)21(30)24-14(6)19(28)25-16(11-12(2)3)20(29)26-17(13(4)5)22(31)32-7;/h12-18,27H,8-11,23H2,1-7H3,(H,24,30)(H,25,28)(H,26,29);1H/t14-,15+,16-,17-,18-;/m0./s1. The Morgan fingerprint density at radius 1 is 0.939 bits per heavy atom. The first-order valence-electron chi connectivity index (χ1n) is 11.4. The molecular formula is C22H43ClN4O6. The summed E-state index contributed by atoms with van der Waals surface area (Å²) in [5.41, 5.74) is 3.81. The normalized spacial score (nSPS) is 15.5. The average molecular weight is 495 g/mol. The van der Waals surface area contributed by atoms with Crippen LogP contribution in [0.3, 0.4) is 0 Å². The molecule has 3 amide bonds. The molecule has 0 spiro atoms. The number of hydrogen-bond acceptors (Lipinski definition) is 6. The fourth-order valence-electron chi connectivity index (χ4n) is 3.08. The highest BCUT2D eigenvalue weighted by Crippen LogP contribution is 2.09. The summed E-state index contributed by atoms with van der Waals surface area (Å²) >= 11 is 0. The molecule has 0 aromatic heterocycles. The van der Waals surface area contributed by atoms with Crippen molar-refractivity contribution in [1.29, 1.82) is 0 Å². The quantitative estimate of drug-likeness (QED) is 0.157. The zero-order valence-electron chi connectivity index (χ0n) is 20.9. The van der Waals surface area contributed by atoms with Gasteiger partial charge in [0.05, 0.1) is 7.11 Å². The monoisotopic (exact) mass is 494 g/mol. The highest BCUT2D eigenvalue weighted by Gasteiger charge is 2.32. The van der Waals surface area contributed by atoms with Gasteiger partial charge in [-0.25, -0.2) is 4.79 Å². The minimum Gasteiger partial charge on any atom is -1.00 e. The number of aliphatic hydroxyl groups is 1. The van der Waals surface area contributed by atoms with E-state index in [2.05, 4.69) is 21.7 Å². The van der Waals surface area contributed by atoms with Crippen LogP contribution in [0, 0.1) is 11.8 Å². The maximum absolute atomic E-state index is 12.8. The number of esters is 1. The molecule has 7 N–H and O–H groups in total. The molecule has 0 fully saturated rings. The van der Waals surface area contributed by atoms with Crippen LogP contribution in [-0.4, -0.2) is 66.2 Å². The minimum absolute atomic E-state index is 0. The minimum atomic E-state index is -1.32. The van der Waals surface area contributed by atoms with Crippen LogP contribution in [0.15, 0.2) is 0 Å². The SMILES string of the molecule is CCCC[C@@H]([NH3+])[C@H](O)C(=O)N[C@@H](C)C(=O)N[C@@H](CC(C)C)C(=O)N[C@H](C(=O)OC)C(C)C.[Cl-]. The molecule has 33 heavy (non-hydrogen) atoms. The Kier molecular flexibility index (Phi) is 16.8. The molecule has 0 unspecified atom stereocenters. The number of carbonyl (C=O) groups excluding carboxylic acids is 4. The van der Waals surface area contributed by atoms with Crippen LogP contribution in [-0.2, 0) is 23.9 Å². The maximum atomic E-state index is 12.8. The van der Waals surface area contributed by atoms with Gasteiger partial charge >= 0.3 is 5.97 Å². The van der Waals surface area contributed by atoms with Gasteiger partial charge in [-0.1, -0.05) is 41.0 Å². The van der Waals surface area contributed by atoms with Gasteiger partial charge < -0.3 is 43.9 Å². The lowest BCUT2D eigenvalue weighted by Crippen LogP contribution is -3.00. The second kappa shape index (κ2) is 16.7. The van der Waals surface area contributed by atoms with Crippen LogP contribution in [0.5, 0.6) is 0 Å². The van der Waals surface area contributed by atoms with Gasteiger partial charge in [0.2, 0.25) is 11.8 Å². The molecule has 0 aromatic rings. The number of carbonyl (C=O) groups is 4. The molecule has 194 valence electrons. The van der Waals surface area contributed by atoms with Gasteiger partial charge in [-0.2, -0.15) is 0 Å². The number of hydrogen-bond donors (Lipinski definition) is 5. The molecule has 10 nitrogen and oxygen atoms in total. The molecule has 0 bridgehead atoms. The van der Waals surface area contributed by atoms with Crippen LogP contribution in [0.25, 0.3) is 0 Å². The number of quaternary nitrogens is 1. The zero-order chi connectivity index (χ0) is 25.0. The Morgan fingerprint density at radius 3 is 1.97 bits per heavy atom. The van der Waals surface area contributed by atoms with E-state index in [9.17, 15) is 24.3 Å². The predicted octanol–water partition coefficient (Wildman–Crippen LogP) is -3.50. The van der Waals surface area contributed by atoms with Crippen molar-refractivity contribution in [3.63, 3.8) is 0 Å². The van der Waals surface area contributed by atoms with Crippen molar-refractivity contribution in [3.8, 4) is 0 Å². The number of aliphatic hydroxyl groups excluding tert-OH is 1. The predicted molar refractivity (Wildman–Crippen MR) is 120 cm³/mol. The lowest BCUT2D eigenvalue weighted by atomic mass is 10.00. The van der Waals surface area contributed by atoms with Crippen LogP contribution in [0.4, 0.5) is 0 Å². The van der Waals surface area contributed by atoms with E-state index in [1.807, 2.05) is 20.8 Å². The highest BCUT2D eigenvalue weighted by molar-refractivity contribution is 5.94. The average Bonchev–Trinajstić information content (AvgIpc) is 2.72. The van der Waals surface area contributed by atoms with Crippen LogP contribution in [0.2, 0.25) is 0 Å². The third kappa shape index (κ3) is 12.2. The van der Waals surface area contributed by atoms with Crippen molar-refractivity contribution in [2.45, 2.75) is 97.5 Å². The summed E-state index contributed by atoms with van der Waals surface area (Å²) in [5.74, 6) is -2.45. The number of amides is 3. The lowest BCUT2D eigenvalue weighted by Gasteiger charge is -2.26. The van der Waals surface area contributed by atoms with E-state index in [1.165, 1.54) is 14.0 Å². The van der Waals surface area contributed by atoms with E-state index in [1.54, 1.807) is 13.8 Å². The molecule has 11 heteroatoms. The van der Waals surface area contributed by atoms with Crippen LogP contribution >= 0.6 is 0 Å². The number of rotatable bonds is 14. The number of unbranched alkanes of at least 4 members (excludes halogenated alkanes) is 1. The molecule has 0 saturated carbocycles. The number of methoxy groups -OCH3 is 1. The fraction of sp³-hybridized carbons (Fsp3) is 0.818. The maximum Gasteiger partial charge on any atom is 0.328 e. The van der Waals surface area contributed by atoms with Gasteiger partial charge in [-0.3, -0.25) is 14.4 Å².